The zero-order valence-electron chi connectivity index (χ0n) is 11.2. The minimum absolute atomic E-state index is 0.166. The van der Waals surface area contributed by atoms with Crippen LogP contribution in [0.5, 0.6) is 0 Å². The van der Waals surface area contributed by atoms with E-state index in [1.54, 1.807) is 0 Å². The Bertz CT molecular complexity index is 191. The maximum Gasteiger partial charge on any atom is 0.322 e. The molecule has 0 aliphatic heterocycles. The minimum Gasteiger partial charge on any atom is -0.468 e. The molecule has 1 unspecified atom stereocenters. The number of hydrogen-bond acceptors (Lipinski definition) is 4. The Morgan fingerprint density at radius 3 is 2.25 bits per heavy atom. The van der Waals surface area contributed by atoms with Crippen molar-refractivity contribution in [1.29, 1.82) is 0 Å². The van der Waals surface area contributed by atoms with Gasteiger partial charge in [-0.25, -0.2) is 0 Å². The average molecular weight is 230 g/mol. The molecule has 0 amide bonds. The van der Waals surface area contributed by atoms with E-state index in [0.29, 0.717) is 6.04 Å². The van der Waals surface area contributed by atoms with Crippen molar-refractivity contribution in [2.45, 2.75) is 46.2 Å². The highest BCUT2D eigenvalue weighted by molar-refractivity contribution is 5.75. The van der Waals surface area contributed by atoms with E-state index in [2.05, 4.69) is 24.1 Å². The second-order valence-corrected chi connectivity index (χ2v) is 4.21. The number of rotatable bonds is 8. The molecule has 0 rings (SSSR count). The zero-order valence-corrected chi connectivity index (χ0v) is 11.2. The Hall–Kier alpha value is -0.610. The summed E-state index contributed by atoms with van der Waals surface area (Å²) in [6.45, 7) is 11.3. The number of hydrogen-bond donors (Lipinski definition) is 1. The smallest absolute Gasteiger partial charge is 0.322 e. The van der Waals surface area contributed by atoms with Gasteiger partial charge in [-0.1, -0.05) is 27.7 Å². The maximum absolute atomic E-state index is 11.5. The van der Waals surface area contributed by atoms with Crippen LogP contribution < -0.4 is 5.32 Å². The van der Waals surface area contributed by atoms with Crippen LogP contribution in [-0.4, -0.2) is 49.7 Å². The van der Waals surface area contributed by atoms with Gasteiger partial charge in [0.2, 0.25) is 0 Å². The summed E-state index contributed by atoms with van der Waals surface area (Å²) in [6.07, 6.45) is 0.798. The second kappa shape index (κ2) is 8.53. The lowest BCUT2D eigenvalue weighted by Crippen LogP contribution is -2.43. The monoisotopic (exact) mass is 230 g/mol. The van der Waals surface area contributed by atoms with Crippen molar-refractivity contribution in [2.75, 3.05) is 26.7 Å². The molecule has 0 spiro atoms. The van der Waals surface area contributed by atoms with Crippen LogP contribution in [0.2, 0.25) is 0 Å². The van der Waals surface area contributed by atoms with Gasteiger partial charge in [-0.15, -0.1) is 0 Å². The summed E-state index contributed by atoms with van der Waals surface area (Å²) in [7, 11) is 1.44. The molecule has 0 bridgehead atoms. The van der Waals surface area contributed by atoms with Gasteiger partial charge in [-0.2, -0.15) is 0 Å². The third-order valence-corrected chi connectivity index (χ3v) is 2.65. The lowest BCUT2D eigenvalue weighted by molar-refractivity contribution is -0.143. The number of nitrogens with zero attached hydrogens (tertiary/aromatic N) is 1. The largest absolute Gasteiger partial charge is 0.468 e. The van der Waals surface area contributed by atoms with Crippen LogP contribution in [0.15, 0.2) is 0 Å². The van der Waals surface area contributed by atoms with Crippen molar-refractivity contribution in [3.63, 3.8) is 0 Å². The number of carbonyl (C=O) groups is 1. The molecule has 0 aliphatic rings. The van der Waals surface area contributed by atoms with Crippen LogP contribution in [0.3, 0.4) is 0 Å². The molecular weight excluding hydrogens is 204 g/mol. The average Bonchev–Trinajstić information content (AvgIpc) is 2.27. The molecule has 1 N–H and O–H groups in total. The molecule has 0 aromatic carbocycles. The molecule has 4 nitrogen and oxygen atoms in total. The summed E-state index contributed by atoms with van der Waals surface area (Å²) in [6, 6.07) is 0.103. The predicted octanol–water partition coefficient (Wildman–Crippen LogP) is 1.26. The van der Waals surface area contributed by atoms with E-state index in [9.17, 15) is 4.79 Å². The number of carbonyl (C=O) groups excluding carboxylic acids is 1. The summed E-state index contributed by atoms with van der Waals surface area (Å²) >= 11 is 0. The molecule has 96 valence electrons. The molecule has 0 radical (unpaired) electrons. The highest BCUT2D eigenvalue weighted by Gasteiger charge is 2.19. The van der Waals surface area contributed by atoms with Gasteiger partial charge >= 0.3 is 5.97 Å². The van der Waals surface area contributed by atoms with Crippen LogP contribution in [0, 0.1) is 0 Å². The highest BCUT2D eigenvalue weighted by atomic mass is 16.5. The van der Waals surface area contributed by atoms with Gasteiger partial charge in [0.05, 0.1) is 7.11 Å². The van der Waals surface area contributed by atoms with Gasteiger partial charge in [-0.05, 0) is 19.5 Å². The molecule has 0 saturated heterocycles. The quantitative estimate of drug-likeness (QED) is 0.637. The molecule has 0 aromatic heterocycles. The van der Waals surface area contributed by atoms with E-state index in [1.165, 1.54) is 7.11 Å². The number of esters is 1. The van der Waals surface area contributed by atoms with E-state index in [0.717, 1.165) is 26.1 Å². The van der Waals surface area contributed by atoms with E-state index in [1.807, 2.05) is 13.8 Å². The standard InChI is InChI=1S/C12H26N2O2/c1-6-14(7-2)9-8-11(12(15)16-5)13-10(3)4/h10-11,13H,6-9H2,1-5H3. The van der Waals surface area contributed by atoms with Gasteiger partial charge < -0.3 is 15.0 Å². The fourth-order valence-electron chi connectivity index (χ4n) is 1.67. The predicted molar refractivity (Wildman–Crippen MR) is 66.5 cm³/mol. The maximum atomic E-state index is 11.5. The summed E-state index contributed by atoms with van der Waals surface area (Å²) < 4.78 is 4.79. The van der Waals surface area contributed by atoms with Crippen molar-refractivity contribution < 1.29 is 9.53 Å². The van der Waals surface area contributed by atoms with Gasteiger partial charge in [0.15, 0.2) is 0 Å². The lowest BCUT2D eigenvalue weighted by Gasteiger charge is -2.23. The van der Waals surface area contributed by atoms with Crippen molar-refractivity contribution in [2.24, 2.45) is 0 Å². The molecule has 0 aliphatic carbocycles. The first kappa shape index (κ1) is 15.4. The first-order valence-electron chi connectivity index (χ1n) is 6.11. The minimum atomic E-state index is -0.189. The van der Waals surface area contributed by atoms with Crippen LogP contribution in [0.1, 0.15) is 34.1 Å². The normalized spacial score (nSPS) is 13.2. The van der Waals surface area contributed by atoms with Gasteiger partial charge in [0.1, 0.15) is 6.04 Å². The van der Waals surface area contributed by atoms with E-state index in [4.69, 9.17) is 4.74 Å². The SMILES string of the molecule is CCN(CC)CCC(NC(C)C)C(=O)OC. The summed E-state index contributed by atoms with van der Waals surface area (Å²) in [5.74, 6) is -0.166. The Labute approximate surface area is 99.3 Å². The number of methoxy groups -OCH3 is 1. The van der Waals surface area contributed by atoms with Crippen LogP contribution in [-0.2, 0) is 9.53 Å². The number of nitrogens with one attached hydrogen (secondary N) is 1. The van der Waals surface area contributed by atoms with Gasteiger partial charge in [0.25, 0.3) is 0 Å². The van der Waals surface area contributed by atoms with E-state index in [-0.39, 0.29) is 12.0 Å². The molecule has 0 heterocycles. The van der Waals surface area contributed by atoms with Crippen LogP contribution >= 0.6 is 0 Å². The van der Waals surface area contributed by atoms with Crippen molar-refractivity contribution in [3.8, 4) is 0 Å². The molecule has 0 saturated carbocycles. The Kier molecular flexibility index (Phi) is 8.21. The lowest BCUT2D eigenvalue weighted by atomic mass is 10.1. The first-order chi connectivity index (χ1) is 7.54. The van der Waals surface area contributed by atoms with Crippen molar-refractivity contribution >= 4 is 5.97 Å². The highest BCUT2D eigenvalue weighted by Crippen LogP contribution is 2.00. The third kappa shape index (κ3) is 6.08. The van der Waals surface area contributed by atoms with Crippen LogP contribution in [0.4, 0.5) is 0 Å². The van der Waals surface area contributed by atoms with E-state index >= 15 is 0 Å². The summed E-state index contributed by atoms with van der Waals surface area (Å²) in [4.78, 5) is 13.8. The molecule has 0 fully saturated rings. The molecule has 16 heavy (non-hydrogen) atoms. The van der Waals surface area contributed by atoms with Gasteiger partial charge in [0, 0.05) is 12.6 Å². The van der Waals surface area contributed by atoms with Gasteiger partial charge in [-0.3, -0.25) is 4.79 Å². The van der Waals surface area contributed by atoms with Crippen molar-refractivity contribution in [3.05, 3.63) is 0 Å². The zero-order chi connectivity index (χ0) is 12.6. The van der Waals surface area contributed by atoms with Crippen LogP contribution in [0.25, 0.3) is 0 Å². The fourth-order valence-corrected chi connectivity index (χ4v) is 1.67. The molecule has 1 atom stereocenters. The molecule has 0 aromatic rings. The summed E-state index contributed by atoms with van der Waals surface area (Å²) in [5, 5.41) is 3.23. The molecular formula is C12H26N2O2. The first-order valence-corrected chi connectivity index (χ1v) is 6.11. The Morgan fingerprint density at radius 2 is 1.88 bits per heavy atom. The fraction of sp³-hybridized carbons (Fsp3) is 0.917. The van der Waals surface area contributed by atoms with E-state index < -0.39 is 0 Å². The Morgan fingerprint density at radius 1 is 1.31 bits per heavy atom. The topological polar surface area (TPSA) is 41.6 Å². The third-order valence-electron chi connectivity index (χ3n) is 2.65. The Balaban J connectivity index is 4.15. The second-order valence-electron chi connectivity index (χ2n) is 4.21. The number of ether oxygens (including phenoxy) is 1. The molecule has 4 heteroatoms. The summed E-state index contributed by atoms with van der Waals surface area (Å²) in [5.41, 5.74) is 0. The van der Waals surface area contributed by atoms with Crippen molar-refractivity contribution in [1.82, 2.24) is 10.2 Å².